The minimum absolute atomic E-state index is 0.0536. The SMILES string of the molecule is O=C(Cc1ccc2c(c1)CCC2)N1C[C@@H](O)[C@H](N2CCOCC2)C1. The fourth-order valence-corrected chi connectivity index (χ4v) is 4.26. The Morgan fingerprint density at radius 1 is 1.17 bits per heavy atom. The number of fused-ring (bicyclic) bond motifs is 1. The molecule has 5 heteroatoms. The van der Waals surface area contributed by atoms with Crippen LogP contribution in [-0.2, 0) is 28.8 Å². The third kappa shape index (κ3) is 3.21. The molecule has 3 aliphatic rings. The van der Waals surface area contributed by atoms with Gasteiger partial charge in [0.2, 0.25) is 5.91 Å². The summed E-state index contributed by atoms with van der Waals surface area (Å²) in [4.78, 5) is 16.8. The summed E-state index contributed by atoms with van der Waals surface area (Å²) in [5.74, 6) is 0.128. The van der Waals surface area contributed by atoms with Gasteiger partial charge in [0.25, 0.3) is 0 Å². The summed E-state index contributed by atoms with van der Waals surface area (Å²) < 4.78 is 5.38. The van der Waals surface area contributed by atoms with Crippen LogP contribution in [0.3, 0.4) is 0 Å². The Hall–Kier alpha value is -1.43. The van der Waals surface area contributed by atoms with Crippen molar-refractivity contribution in [3.63, 3.8) is 0 Å². The summed E-state index contributed by atoms with van der Waals surface area (Å²) in [6.07, 6.45) is 3.52. The number of aryl methyl sites for hydroxylation is 2. The highest BCUT2D eigenvalue weighted by Crippen LogP contribution is 2.24. The van der Waals surface area contributed by atoms with Crippen molar-refractivity contribution in [2.45, 2.75) is 37.8 Å². The van der Waals surface area contributed by atoms with Gasteiger partial charge in [-0.05, 0) is 36.0 Å². The molecule has 2 atom stereocenters. The van der Waals surface area contributed by atoms with Crippen LogP contribution >= 0.6 is 0 Å². The van der Waals surface area contributed by atoms with E-state index >= 15 is 0 Å². The van der Waals surface area contributed by atoms with Crippen LogP contribution in [0.4, 0.5) is 0 Å². The van der Waals surface area contributed by atoms with Crippen molar-refractivity contribution in [1.29, 1.82) is 0 Å². The monoisotopic (exact) mass is 330 g/mol. The van der Waals surface area contributed by atoms with Gasteiger partial charge in [-0.15, -0.1) is 0 Å². The Balaban J connectivity index is 1.38. The Bertz CT molecular complexity index is 613. The molecule has 130 valence electrons. The average molecular weight is 330 g/mol. The van der Waals surface area contributed by atoms with Crippen molar-refractivity contribution in [1.82, 2.24) is 9.80 Å². The molecule has 1 aliphatic carbocycles. The van der Waals surface area contributed by atoms with E-state index in [1.165, 1.54) is 24.0 Å². The van der Waals surface area contributed by atoms with Crippen molar-refractivity contribution >= 4 is 5.91 Å². The van der Waals surface area contributed by atoms with Gasteiger partial charge in [-0.25, -0.2) is 0 Å². The third-order valence-electron chi connectivity index (χ3n) is 5.64. The molecule has 0 saturated carbocycles. The highest BCUT2D eigenvalue weighted by Gasteiger charge is 2.37. The summed E-state index contributed by atoms with van der Waals surface area (Å²) >= 11 is 0. The second kappa shape index (κ2) is 6.82. The van der Waals surface area contributed by atoms with Gasteiger partial charge in [0.05, 0.1) is 31.8 Å². The predicted molar refractivity (Wildman–Crippen MR) is 90.9 cm³/mol. The first-order valence-corrected chi connectivity index (χ1v) is 9.09. The lowest BCUT2D eigenvalue weighted by Crippen LogP contribution is -2.49. The molecule has 1 N–H and O–H groups in total. The summed E-state index contributed by atoms with van der Waals surface area (Å²) in [5.41, 5.74) is 3.95. The molecule has 0 aromatic heterocycles. The van der Waals surface area contributed by atoms with Crippen molar-refractivity contribution in [3.05, 3.63) is 34.9 Å². The minimum atomic E-state index is -0.452. The number of rotatable bonds is 3. The Morgan fingerprint density at radius 2 is 1.96 bits per heavy atom. The van der Waals surface area contributed by atoms with E-state index in [0.717, 1.165) is 25.1 Å². The molecule has 0 spiro atoms. The second-order valence-electron chi connectivity index (χ2n) is 7.22. The standard InChI is InChI=1S/C19H26N2O3/c22-18-13-21(12-17(18)20-6-8-24-9-7-20)19(23)11-14-4-5-15-2-1-3-16(15)10-14/h4-5,10,17-18,22H,1-3,6-9,11-13H2/t17-,18-/m1/s1. The fourth-order valence-electron chi connectivity index (χ4n) is 4.26. The smallest absolute Gasteiger partial charge is 0.227 e. The number of amides is 1. The average Bonchev–Trinajstić information content (AvgIpc) is 3.21. The molecule has 2 fully saturated rings. The number of ether oxygens (including phenoxy) is 1. The van der Waals surface area contributed by atoms with Crippen molar-refractivity contribution in [2.24, 2.45) is 0 Å². The maximum Gasteiger partial charge on any atom is 0.227 e. The first-order valence-electron chi connectivity index (χ1n) is 9.09. The molecule has 0 radical (unpaired) electrons. The lowest BCUT2D eigenvalue weighted by Gasteiger charge is -2.33. The number of benzene rings is 1. The van der Waals surface area contributed by atoms with Crippen LogP contribution in [0, 0.1) is 0 Å². The second-order valence-corrected chi connectivity index (χ2v) is 7.22. The summed E-state index contributed by atoms with van der Waals surface area (Å²) in [6, 6.07) is 6.53. The van der Waals surface area contributed by atoms with Crippen LogP contribution in [0.5, 0.6) is 0 Å². The van der Waals surface area contributed by atoms with Gasteiger partial charge in [0.15, 0.2) is 0 Å². The van der Waals surface area contributed by atoms with Crippen LogP contribution in [-0.4, -0.2) is 72.4 Å². The Morgan fingerprint density at radius 3 is 2.79 bits per heavy atom. The van der Waals surface area contributed by atoms with E-state index in [2.05, 4.69) is 23.1 Å². The van der Waals surface area contributed by atoms with E-state index in [1.807, 2.05) is 4.90 Å². The zero-order valence-electron chi connectivity index (χ0n) is 14.1. The molecule has 2 heterocycles. The van der Waals surface area contributed by atoms with Crippen molar-refractivity contribution in [3.8, 4) is 0 Å². The first kappa shape index (κ1) is 16.1. The molecule has 0 unspecified atom stereocenters. The Labute approximate surface area is 143 Å². The Kier molecular flexibility index (Phi) is 4.57. The molecule has 24 heavy (non-hydrogen) atoms. The summed E-state index contributed by atoms with van der Waals surface area (Å²) in [7, 11) is 0. The molecular weight excluding hydrogens is 304 g/mol. The van der Waals surface area contributed by atoms with Crippen molar-refractivity contribution < 1.29 is 14.6 Å². The van der Waals surface area contributed by atoms with Crippen LogP contribution in [0.15, 0.2) is 18.2 Å². The predicted octanol–water partition coefficient (Wildman–Crippen LogP) is 0.622. The van der Waals surface area contributed by atoms with Gasteiger partial charge >= 0.3 is 0 Å². The number of aliphatic hydroxyl groups excluding tert-OH is 1. The first-order chi connectivity index (χ1) is 11.7. The molecule has 0 bridgehead atoms. The fraction of sp³-hybridized carbons (Fsp3) is 0.632. The van der Waals surface area contributed by atoms with Crippen LogP contribution < -0.4 is 0 Å². The minimum Gasteiger partial charge on any atom is -0.390 e. The van der Waals surface area contributed by atoms with Gasteiger partial charge in [-0.3, -0.25) is 9.69 Å². The zero-order valence-corrected chi connectivity index (χ0v) is 14.1. The van der Waals surface area contributed by atoms with E-state index in [0.29, 0.717) is 32.7 Å². The molecule has 2 saturated heterocycles. The third-order valence-corrected chi connectivity index (χ3v) is 5.64. The summed E-state index contributed by atoms with van der Waals surface area (Å²) in [6.45, 7) is 4.19. The number of nitrogens with zero attached hydrogens (tertiary/aromatic N) is 2. The molecule has 1 aromatic rings. The molecule has 2 aliphatic heterocycles. The topological polar surface area (TPSA) is 53.0 Å². The van der Waals surface area contributed by atoms with E-state index in [1.54, 1.807) is 0 Å². The number of carbonyl (C=O) groups excluding carboxylic acids is 1. The van der Waals surface area contributed by atoms with Gasteiger partial charge in [0.1, 0.15) is 0 Å². The summed E-state index contributed by atoms with van der Waals surface area (Å²) in [5, 5.41) is 10.4. The van der Waals surface area contributed by atoms with Crippen molar-refractivity contribution in [2.75, 3.05) is 39.4 Å². The van der Waals surface area contributed by atoms with Gasteiger partial charge in [-0.1, -0.05) is 18.2 Å². The number of aliphatic hydroxyl groups is 1. The molecule has 1 aromatic carbocycles. The van der Waals surface area contributed by atoms with E-state index in [9.17, 15) is 9.90 Å². The lowest BCUT2D eigenvalue weighted by molar-refractivity contribution is -0.129. The molecule has 4 rings (SSSR count). The number of carbonyl (C=O) groups is 1. The van der Waals surface area contributed by atoms with E-state index in [-0.39, 0.29) is 11.9 Å². The number of likely N-dealkylation sites (tertiary alicyclic amines) is 1. The van der Waals surface area contributed by atoms with Gasteiger partial charge in [-0.2, -0.15) is 0 Å². The maximum atomic E-state index is 12.7. The van der Waals surface area contributed by atoms with E-state index in [4.69, 9.17) is 4.74 Å². The van der Waals surface area contributed by atoms with Gasteiger partial charge < -0.3 is 14.7 Å². The highest BCUT2D eigenvalue weighted by atomic mass is 16.5. The number of morpholine rings is 1. The van der Waals surface area contributed by atoms with Gasteiger partial charge in [0, 0.05) is 26.2 Å². The molecule has 1 amide bonds. The normalized spacial score (nSPS) is 27.5. The lowest BCUT2D eigenvalue weighted by atomic mass is 10.0. The van der Waals surface area contributed by atoms with E-state index < -0.39 is 6.10 Å². The molecular formula is C19H26N2O3. The molecule has 5 nitrogen and oxygen atoms in total. The zero-order chi connectivity index (χ0) is 16.5. The largest absolute Gasteiger partial charge is 0.390 e. The van der Waals surface area contributed by atoms with Crippen LogP contribution in [0.25, 0.3) is 0 Å². The number of hydrogen-bond acceptors (Lipinski definition) is 4. The number of hydrogen-bond donors (Lipinski definition) is 1. The highest BCUT2D eigenvalue weighted by molar-refractivity contribution is 5.79. The maximum absolute atomic E-state index is 12.7. The van der Waals surface area contributed by atoms with Crippen LogP contribution in [0.2, 0.25) is 0 Å². The number of β-amino-alcohol motifs (C(OH)–C–C–N with tert-alkyl or cyclic N) is 1. The van der Waals surface area contributed by atoms with Crippen LogP contribution in [0.1, 0.15) is 23.1 Å². The quantitative estimate of drug-likeness (QED) is 0.883.